The summed E-state index contributed by atoms with van der Waals surface area (Å²) in [4.78, 5) is 11.3. The Bertz CT molecular complexity index is 314. The molecule has 1 heterocycles. The van der Waals surface area contributed by atoms with Crippen molar-refractivity contribution in [1.29, 1.82) is 0 Å². The fourth-order valence-corrected chi connectivity index (χ4v) is 3.54. The van der Waals surface area contributed by atoms with E-state index in [9.17, 15) is 9.00 Å². The van der Waals surface area contributed by atoms with Gasteiger partial charge in [0, 0.05) is 27.3 Å². The lowest BCUT2D eigenvalue weighted by molar-refractivity contribution is -0.151. The highest BCUT2D eigenvalue weighted by Gasteiger charge is 2.42. The van der Waals surface area contributed by atoms with E-state index in [0.29, 0.717) is 0 Å². The zero-order valence-corrected chi connectivity index (χ0v) is 10.8. The Labute approximate surface area is 98.6 Å². The Morgan fingerprint density at radius 3 is 2.38 bits per heavy atom. The lowest BCUT2D eigenvalue weighted by Crippen LogP contribution is -2.45. The van der Waals surface area contributed by atoms with Gasteiger partial charge in [0.05, 0.1) is 0 Å². The van der Waals surface area contributed by atoms with Crippen molar-refractivity contribution in [3.8, 4) is 0 Å². The topological polar surface area (TPSA) is 65.3 Å². The molecule has 16 heavy (non-hydrogen) atoms. The van der Waals surface area contributed by atoms with E-state index in [2.05, 4.69) is 5.32 Å². The maximum absolute atomic E-state index is 12.0. The molecule has 2 rings (SSSR count). The standard InChI is InChI=1S/C11H19NO3S/c1-11(2,3)16(14)8-4-7(5-8)15-10(13)9-6-12-9/h7-9,12H,4-6H2,1-3H3/t7?,8?,9?,16-/m0/s1. The molecule has 0 aromatic rings. The van der Waals surface area contributed by atoms with Gasteiger partial charge >= 0.3 is 5.97 Å². The van der Waals surface area contributed by atoms with E-state index in [-0.39, 0.29) is 28.1 Å². The largest absolute Gasteiger partial charge is 0.461 e. The van der Waals surface area contributed by atoms with Crippen molar-refractivity contribution in [3.63, 3.8) is 0 Å². The van der Waals surface area contributed by atoms with Crippen molar-refractivity contribution in [2.24, 2.45) is 0 Å². The molecule has 0 spiro atoms. The molecule has 1 unspecified atom stereocenters. The maximum Gasteiger partial charge on any atom is 0.324 e. The highest BCUT2D eigenvalue weighted by molar-refractivity contribution is 7.87. The second kappa shape index (κ2) is 4.11. The smallest absolute Gasteiger partial charge is 0.324 e. The summed E-state index contributed by atoms with van der Waals surface area (Å²) in [5.74, 6) is -0.148. The van der Waals surface area contributed by atoms with Crippen molar-refractivity contribution >= 4 is 16.8 Å². The molecule has 0 amide bonds. The number of hydrogen-bond donors (Lipinski definition) is 1. The van der Waals surface area contributed by atoms with Crippen molar-refractivity contribution in [3.05, 3.63) is 0 Å². The van der Waals surface area contributed by atoms with Gasteiger partial charge in [-0.1, -0.05) is 0 Å². The molecule has 4 nitrogen and oxygen atoms in total. The van der Waals surface area contributed by atoms with Crippen LogP contribution < -0.4 is 5.32 Å². The Morgan fingerprint density at radius 1 is 1.38 bits per heavy atom. The first kappa shape index (κ1) is 12.0. The molecule has 1 aliphatic carbocycles. The van der Waals surface area contributed by atoms with Gasteiger partial charge in [-0.3, -0.25) is 9.00 Å². The highest BCUT2D eigenvalue weighted by atomic mass is 32.2. The predicted molar refractivity (Wildman–Crippen MR) is 62.6 cm³/mol. The fraction of sp³-hybridized carbons (Fsp3) is 0.909. The number of carbonyl (C=O) groups is 1. The third kappa shape index (κ3) is 2.63. The molecule has 0 radical (unpaired) electrons. The molecule has 0 aromatic heterocycles. The minimum atomic E-state index is -0.833. The highest BCUT2D eigenvalue weighted by Crippen LogP contribution is 2.33. The summed E-state index contributed by atoms with van der Waals surface area (Å²) in [6.45, 7) is 6.69. The number of rotatable bonds is 3. The lowest BCUT2D eigenvalue weighted by atomic mass is 9.95. The zero-order valence-electron chi connectivity index (χ0n) is 9.99. The van der Waals surface area contributed by atoms with Crippen LogP contribution in [0.4, 0.5) is 0 Å². The first-order chi connectivity index (χ1) is 7.38. The summed E-state index contributed by atoms with van der Waals surface area (Å²) >= 11 is 0. The van der Waals surface area contributed by atoms with Crippen LogP contribution >= 0.6 is 0 Å². The van der Waals surface area contributed by atoms with Gasteiger partial charge in [0.2, 0.25) is 0 Å². The summed E-state index contributed by atoms with van der Waals surface area (Å²) < 4.78 is 17.1. The summed E-state index contributed by atoms with van der Waals surface area (Å²) in [5.41, 5.74) is 0. The minimum absolute atomic E-state index is 0.00815. The second-order valence-electron chi connectivity index (χ2n) is 5.52. The van der Waals surface area contributed by atoms with Gasteiger partial charge in [-0.05, 0) is 33.6 Å². The monoisotopic (exact) mass is 245 g/mol. The summed E-state index contributed by atoms with van der Waals surface area (Å²) in [6.07, 6.45) is 1.50. The van der Waals surface area contributed by atoms with Crippen molar-refractivity contribution in [2.75, 3.05) is 6.54 Å². The molecule has 1 saturated heterocycles. The number of nitrogens with one attached hydrogen (secondary N) is 1. The van der Waals surface area contributed by atoms with Gasteiger partial charge < -0.3 is 10.1 Å². The van der Waals surface area contributed by atoms with Crippen LogP contribution in [0.2, 0.25) is 0 Å². The molecule has 2 fully saturated rings. The average Bonchev–Trinajstić information content (AvgIpc) is 2.90. The molecular formula is C11H19NO3S. The predicted octanol–water partition coefficient (Wildman–Crippen LogP) is 0.580. The normalized spacial score (nSPS) is 35.1. The number of hydrogen-bond acceptors (Lipinski definition) is 4. The summed E-state index contributed by atoms with van der Waals surface area (Å²) in [7, 11) is -0.833. The van der Waals surface area contributed by atoms with Crippen LogP contribution in [-0.4, -0.2) is 38.9 Å². The van der Waals surface area contributed by atoms with Gasteiger partial charge in [-0.15, -0.1) is 0 Å². The van der Waals surface area contributed by atoms with E-state index in [4.69, 9.17) is 4.74 Å². The Morgan fingerprint density at radius 2 is 1.94 bits per heavy atom. The molecule has 1 aliphatic heterocycles. The molecule has 2 aliphatic rings. The number of esters is 1. The third-order valence-corrected chi connectivity index (χ3v) is 5.13. The van der Waals surface area contributed by atoms with Crippen molar-refractivity contribution < 1.29 is 13.7 Å². The first-order valence-corrected chi connectivity index (χ1v) is 6.94. The average molecular weight is 245 g/mol. The van der Waals surface area contributed by atoms with Crippen LogP contribution in [0.25, 0.3) is 0 Å². The van der Waals surface area contributed by atoms with Gasteiger partial charge in [-0.25, -0.2) is 0 Å². The Kier molecular flexibility index (Phi) is 3.09. The van der Waals surface area contributed by atoms with Crippen molar-refractivity contribution in [2.45, 2.75) is 55.8 Å². The third-order valence-electron chi connectivity index (χ3n) is 2.93. The number of ether oxygens (including phenoxy) is 1. The molecule has 2 atom stereocenters. The SMILES string of the molecule is CC(C)(C)[S@@](=O)C1CC(OC(=O)C2CN2)C1. The van der Waals surface area contributed by atoms with Crippen molar-refractivity contribution in [1.82, 2.24) is 5.32 Å². The molecule has 1 N–H and O–H groups in total. The fourth-order valence-electron chi connectivity index (χ4n) is 1.76. The van der Waals surface area contributed by atoms with Crippen LogP contribution in [0.1, 0.15) is 33.6 Å². The van der Waals surface area contributed by atoms with E-state index in [1.165, 1.54) is 0 Å². The van der Waals surface area contributed by atoms with E-state index in [1.807, 2.05) is 20.8 Å². The number of carbonyl (C=O) groups excluding carboxylic acids is 1. The van der Waals surface area contributed by atoms with Crippen LogP contribution in [0, 0.1) is 0 Å². The van der Waals surface area contributed by atoms with Crippen LogP contribution in [0.15, 0.2) is 0 Å². The van der Waals surface area contributed by atoms with Gasteiger partial charge in [0.25, 0.3) is 0 Å². The minimum Gasteiger partial charge on any atom is -0.461 e. The molecule has 0 aromatic carbocycles. The van der Waals surface area contributed by atoms with E-state index in [0.717, 1.165) is 19.4 Å². The first-order valence-electron chi connectivity index (χ1n) is 5.72. The van der Waals surface area contributed by atoms with Gasteiger partial charge in [-0.2, -0.15) is 0 Å². The maximum atomic E-state index is 12.0. The molecule has 1 saturated carbocycles. The molecular weight excluding hydrogens is 226 g/mol. The zero-order chi connectivity index (χ0) is 11.9. The lowest BCUT2D eigenvalue weighted by Gasteiger charge is -2.37. The molecule has 5 heteroatoms. The van der Waals surface area contributed by atoms with Crippen LogP contribution in [0.5, 0.6) is 0 Å². The van der Waals surface area contributed by atoms with E-state index < -0.39 is 10.8 Å². The van der Waals surface area contributed by atoms with Crippen LogP contribution in [-0.2, 0) is 20.3 Å². The Hall–Kier alpha value is -0.420. The van der Waals surface area contributed by atoms with Gasteiger partial charge in [0.15, 0.2) is 0 Å². The second-order valence-corrected chi connectivity index (χ2v) is 8.01. The van der Waals surface area contributed by atoms with Gasteiger partial charge in [0.1, 0.15) is 12.1 Å². The van der Waals surface area contributed by atoms with Crippen LogP contribution in [0.3, 0.4) is 0 Å². The molecule has 92 valence electrons. The van der Waals surface area contributed by atoms with E-state index in [1.54, 1.807) is 0 Å². The summed E-state index contributed by atoms with van der Waals surface area (Å²) in [5, 5.41) is 3.11. The quantitative estimate of drug-likeness (QED) is 0.583. The molecule has 0 bridgehead atoms. The Balaban J connectivity index is 1.73. The summed E-state index contributed by atoms with van der Waals surface area (Å²) in [6, 6.07) is -0.0767. The van der Waals surface area contributed by atoms with E-state index >= 15 is 0 Å².